The van der Waals surface area contributed by atoms with E-state index in [1.165, 1.54) is 17.7 Å². The van der Waals surface area contributed by atoms with Crippen molar-refractivity contribution < 1.29 is 9.18 Å². The molecule has 4 rings (SSSR count). The first kappa shape index (κ1) is 22.8. The number of hydrogen-bond donors (Lipinski definition) is 0. The Morgan fingerprint density at radius 3 is 2.15 bits per heavy atom. The molecule has 3 aromatic carbocycles. The van der Waals surface area contributed by atoms with E-state index in [1.807, 2.05) is 60.7 Å². The number of hydrogen-bond acceptors (Lipinski definition) is 4. The highest BCUT2D eigenvalue weighted by Crippen LogP contribution is 2.23. The number of aryl methyl sites for hydroxylation is 1. The van der Waals surface area contributed by atoms with E-state index in [-0.39, 0.29) is 12.3 Å². The van der Waals surface area contributed by atoms with E-state index in [2.05, 4.69) is 11.2 Å². The van der Waals surface area contributed by atoms with Crippen LogP contribution in [0.3, 0.4) is 0 Å². The van der Waals surface area contributed by atoms with E-state index in [1.54, 1.807) is 25.1 Å². The highest BCUT2D eigenvalue weighted by molar-refractivity contribution is 6.13. The van der Waals surface area contributed by atoms with Crippen molar-refractivity contribution in [3.63, 3.8) is 0 Å². The molecule has 0 spiro atoms. The Hall–Kier alpha value is -4.37. The number of nitriles is 1. The minimum atomic E-state index is -0.769. The summed E-state index contributed by atoms with van der Waals surface area (Å²) in [7, 11) is 0. The molecule has 0 N–H and O–H groups in total. The van der Waals surface area contributed by atoms with Crippen LogP contribution in [0.1, 0.15) is 34.1 Å². The Morgan fingerprint density at radius 2 is 1.65 bits per heavy atom. The summed E-state index contributed by atoms with van der Waals surface area (Å²) in [6.07, 6.45) is 0.132. The lowest BCUT2D eigenvalue weighted by Crippen LogP contribution is -2.13. The number of aliphatic imine (C=N–C) groups is 1. The molecule has 34 heavy (non-hydrogen) atoms. The van der Waals surface area contributed by atoms with Crippen molar-refractivity contribution in [2.24, 2.45) is 4.99 Å². The van der Waals surface area contributed by atoms with Gasteiger partial charge in [0.2, 0.25) is 5.91 Å². The standard InChI is InChI=1S/C28H23FN4O/c1-19-15-27(32-33(19)20(2)34)24-14-13-23(26(29)17-24)16-25(18-30)31-28(21-9-5-3-6-10-21)22-11-7-4-8-12-22/h3-15,17,25H,16H2,1-2H3. The van der Waals surface area contributed by atoms with Gasteiger partial charge in [-0.25, -0.2) is 9.07 Å². The molecule has 5 nitrogen and oxygen atoms in total. The molecule has 0 fully saturated rings. The van der Waals surface area contributed by atoms with Gasteiger partial charge in [-0.2, -0.15) is 10.4 Å². The number of aromatic nitrogens is 2. The average Bonchev–Trinajstić information content (AvgIpc) is 3.25. The lowest BCUT2D eigenvalue weighted by Gasteiger charge is -2.12. The fraction of sp³-hybridized carbons (Fsp3) is 0.143. The van der Waals surface area contributed by atoms with Gasteiger partial charge in [0.15, 0.2) is 0 Å². The van der Waals surface area contributed by atoms with Gasteiger partial charge in [-0.1, -0.05) is 72.8 Å². The van der Waals surface area contributed by atoms with Gasteiger partial charge in [0.25, 0.3) is 0 Å². The molecule has 1 unspecified atom stereocenters. The minimum Gasteiger partial charge on any atom is -0.273 e. The van der Waals surface area contributed by atoms with Crippen molar-refractivity contribution in [3.05, 3.63) is 113 Å². The van der Waals surface area contributed by atoms with Crippen LogP contribution in [-0.2, 0) is 6.42 Å². The monoisotopic (exact) mass is 450 g/mol. The predicted octanol–water partition coefficient (Wildman–Crippen LogP) is 5.63. The summed E-state index contributed by atoms with van der Waals surface area (Å²) in [5, 5.41) is 14.1. The number of nitrogens with zero attached hydrogens (tertiary/aromatic N) is 4. The fourth-order valence-electron chi connectivity index (χ4n) is 3.80. The van der Waals surface area contributed by atoms with Crippen LogP contribution < -0.4 is 0 Å². The van der Waals surface area contributed by atoms with Gasteiger partial charge in [0, 0.05) is 35.7 Å². The van der Waals surface area contributed by atoms with Crippen LogP contribution in [-0.4, -0.2) is 27.4 Å². The number of benzene rings is 3. The molecule has 0 bridgehead atoms. The molecule has 0 aliphatic rings. The summed E-state index contributed by atoms with van der Waals surface area (Å²) < 4.78 is 16.3. The van der Waals surface area contributed by atoms with E-state index in [0.717, 1.165) is 11.1 Å². The number of rotatable bonds is 6. The summed E-state index contributed by atoms with van der Waals surface area (Å²) in [4.78, 5) is 16.4. The molecule has 0 amide bonds. The average molecular weight is 451 g/mol. The zero-order valence-electron chi connectivity index (χ0n) is 18.9. The smallest absolute Gasteiger partial charge is 0.243 e. The second kappa shape index (κ2) is 10.1. The molecule has 0 aliphatic heterocycles. The third-order valence-electron chi connectivity index (χ3n) is 5.48. The number of carbonyl (C=O) groups excluding carboxylic acids is 1. The Morgan fingerprint density at radius 1 is 1.03 bits per heavy atom. The second-order valence-corrected chi connectivity index (χ2v) is 7.97. The van der Waals surface area contributed by atoms with E-state index < -0.39 is 11.9 Å². The van der Waals surface area contributed by atoms with E-state index in [4.69, 9.17) is 4.99 Å². The molecule has 4 aromatic rings. The van der Waals surface area contributed by atoms with Gasteiger partial charge < -0.3 is 0 Å². The minimum absolute atomic E-state index is 0.132. The van der Waals surface area contributed by atoms with Crippen molar-refractivity contribution in [1.29, 1.82) is 5.26 Å². The Balaban J connectivity index is 1.64. The molecule has 0 saturated heterocycles. The maximum Gasteiger partial charge on any atom is 0.243 e. The van der Waals surface area contributed by atoms with Crippen molar-refractivity contribution >= 4 is 11.6 Å². The van der Waals surface area contributed by atoms with E-state index >= 15 is 4.39 Å². The zero-order chi connectivity index (χ0) is 24.1. The van der Waals surface area contributed by atoms with Crippen LogP contribution in [0, 0.1) is 24.1 Å². The maximum absolute atomic E-state index is 15.0. The van der Waals surface area contributed by atoms with Gasteiger partial charge >= 0.3 is 0 Å². The van der Waals surface area contributed by atoms with Crippen molar-refractivity contribution in [3.8, 4) is 17.3 Å². The summed E-state index contributed by atoms with van der Waals surface area (Å²) in [6, 6.07) is 27.3. The van der Waals surface area contributed by atoms with Crippen molar-refractivity contribution in [2.45, 2.75) is 26.3 Å². The number of carbonyl (C=O) groups is 1. The third-order valence-corrected chi connectivity index (χ3v) is 5.48. The van der Waals surface area contributed by atoms with Gasteiger partial charge in [0.05, 0.1) is 17.5 Å². The SMILES string of the molecule is CC(=O)n1nc(-c2ccc(CC(C#N)N=C(c3ccccc3)c3ccccc3)c(F)c2)cc1C. The molecule has 0 aliphatic carbocycles. The first-order valence-electron chi connectivity index (χ1n) is 10.9. The van der Waals surface area contributed by atoms with Crippen molar-refractivity contribution in [2.75, 3.05) is 0 Å². The Bertz CT molecular complexity index is 1340. The van der Waals surface area contributed by atoms with Crippen molar-refractivity contribution in [1.82, 2.24) is 9.78 Å². The van der Waals surface area contributed by atoms with Crippen LogP contribution >= 0.6 is 0 Å². The Labute approximate surface area is 197 Å². The van der Waals surface area contributed by atoms with Gasteiger partial charge in [-0.3, -0.25) is 9.79 Å². The highest BCUT2D eigenvalue weighted by Gasteiger charge is 2.16. The summed E-state index contributed by atoms with van der Waals surface area (Å²) in [6.45, 7) is 3.20. The number of halogens is 1. The molecule has 168 valence electrons. The van der Waals surface area contributed by atoms with Gasteiger partial charge in [0.1, 0.15) is 11.9 Å². The predicted molar refractivity (Wildman–Crippen MR) is 130 cm³/mol. The normalized spacial score (nSPS) is 11.5. The van der Waals surface area contributed by atoms with Crippen LogP contribution in [0.2, 0.25) is 0 Å². The van der Waals surface area contributed by atoms with E-state index in [9.17, 15) is 10.1 Å². The summed E-state index contributed by atoms with van der Waals surface area (Å²) in [5.74, 6) is -0.646. The van der Waals surface area contributed by atoms with Crippen LogP contribution in [0.15, 0.2) is 89.9 Å². The first-order valence-corrected chi connectivity index (χ1v) is 10.9. The molecule has 0 radical (unpaired) electrons. The molecule has 1 aromatic heterocycles. The molecule has 1 atom stereocenters. The molecule has 0 saturated carbocycles. The highest BCUT2D eigenvalue weighted by atomic mass is 19.1. The largest absolute Gasteiger partial charge is 0.273 e. The topological polar surface area (TPSA) is 71.0 Å². The van der Waals surface area contributed by atoms with Crippen LogP contribution in [0.5, 0.6) is 0 Å². The molecule has 6 heteroatoms. The Kier molecular flexibility index (Phi) is 6.74. The van der Waals surface area contributed by atoms with Gasteiger partial charge in [-0.05, 0) is 24.6 Å². The lowest BCUT2D eigenvalue weighted by molar-refractivity contribution is 0.0919. The zero-order valence-corrected chi connectivity index (χ0v) is 18.9. The molecular formula is C28H23FN4O. The quantitative estimate of drug-likeness (QED) is 0.358. The second-order valence-electron chi connectivity index (χ2n) is 7.97. The van der Waals surface area contributed by atoms with Crippen LogP contribution in [0.25, 0.3) is 11.3 Å². The molecule has 1 heterocycles. The van der Waals surface area contributed by atoms with Gasteiger partial charge in [-0.15, -0.1) is 0 Å². The van der Waals surface area contributed by atoms with E-state index in [0.29, 0.717) is 28.2 Å². The lowest BCUT2D eigenvalue weighted by atomic mass is 10.00. The fourth-order valence-corrected chi connectivity index (χ4v) is 3.80. The summed E-state index contributed by atoms with van der Waals surface area (Å²) in [5.41, 5.74) is 4.62. The third kappa shape index (κ3) is 5.00. The molecular weight excluding hydrogens is 427 g/mol. The first-order chi connectivity index (χ1) is 16.5. The maximum atomic E-state index is 15.0. The summed E-state index contributed by atoms with van der Waals surface area (Å²) >= 11 is 0. The van der Waals surface area contributed by atoms with Crippen LogP contribution in [0.4, 0.5) is 4.39 Å².